The van der Waals surface area contributed by atoms with Gasteiger partial charge in [-0.05, 0) is 39.2 Å². The van der Waals surface area contributed by atoms with Gasteiger partial charge in [0.1, 0.15) is 0 Å². The second kappa shape index (κ2) is 26.9. The van der Waals surface area contributed by atoms with E-state index in [2.05, 4.69) is 0 Å². The van der Waals surface area contributed by atoms with Crippen molar-refractivity contribution in [2.75, 3.05) is 0 Å². The number of rotatable bonds is 35. The molecule has 0 unspecified atom stereocenters. The van der Waals surface area contributed by atoms with E-state index in [0.717, 1.165) is 0 Å². The van der Waals surface area contributed by atoms with Gasteiger partial charge in [0.2, 0.25) is 4.69 Å². The molecule has 646 valence electrons. The van der Waals surface area contributed by atoms with Crippen LogP contribution in [0.5, 0.6) is 0 Å². The van der Waals surface area contributed by atoms with Crippen LogP contribution in [-0.4, -0.2) is 191 Å². The van der Waals surface area contributed by atoms with Crippen LogP contribution in [-0.2, 0) is 0 Å². The van der Waals surface area contributed by atoms with Crippen molar-refractivity contribution in [2.45, 2.75) is 216 Å². The molecule has 0 heterocycles. The quantitative estimate of drug-likeness (QED) is 0.0376. The third kappa shape index (κ3) is 13.5. The molecule has 1 aromatic rings. The van der Waals surface area contributed by atoms with E-state index < -0.39 is 258 Å². The zero-order valence-corrected chi connectivity index (χ0v) is 50.7. The van der Waals surface area contributed by atoms with Crippen LogP contribution in [0.1, 0.15) is 29.6 Å². The molecular weight excluding hydrogens is 1840 g/mol. The molecule has 0 aliphatic heterocycles. The second-order valence-corrected chi connectivity index (χ2v) is 27.3. The molecule has 0 amide bonds. The first-order valence-corrected chi connectivity index (χ1v) is 28.4. The minimum absolute atomic E-state index is 0.196. The summed E-state index contributed by atoms with van der Waals surface area (Å²) in [5.41, 5.74) is -2.53. The van der Waals surface area contributed by atoms with Gasteiger partial charge in [-0.2, -0.15) is 277 Å². The van der Waals surface area contributed by atoms with Crippen LogP contribution in [0.25, 0.3) is 0 Å². The Labute approximate surface area is 561 Å². The maximum absolute atomic E-state index is 15.7. The van der Waals surface area contributed by atoms with Crippen LogP contribution < -0.4 is 5.19 Å². The van der Waals surface area contributed by atoms with Gasteiger partial charge in [0.25, 0.3) is 0 Å². The Balaban J connectivity index is 5.00. The van der Waals surface area contributed by atoms with Crippen molar-refractivity contribution >= 4 is 33.9 Å². The van der Waals surface area contributed by atoms with E-state index in [1.807, 2.05) is 0 Å². The Bertz CT molecular complexity index is 3090. The molecule has 1 rings (SSSR count). The van der Waals surface area contributed by atoms with Crippen LogP contribution in [0, 0.1) is 0 Å². The standard InChI is InChI=1S/C43H16BrF63OSi/c44-13(108)11-3-1-2-4-12(11)109(8-5-14(45,46)17(51,52)20(57,58)23(63,64)26(69,70)29(75,76)32(81,82)35(87,88)38(93,94)41(99,100)101,9-6-15(47,48)18(53,54)21(59,60)24(65,66)27(71,72)30(77,78)33(83,84)36(89,90)39(95,96)42(102,103)104)10-7-16(49,50)19(55,56)22(61,62)25(67,68)28(73,74)31(79,80)34(85,86)37(91,92)40(97,98)43(105,106)107/h1-4H,5-10H2. The summed E-state index contributed by atoms with van der Waals surface area (Å²) in [7, 11) is -8.43. The fourth-order valence-electron chi connectivity index (χ4n) is 8.33. The summed E-state index contributed by atoms with van der Waals surface area (Å²) in [4.78, 5) is 12.6. The van der Waals surface area contributed by atoms with E-state index in [9.17, 15) is 202 Å². The van der Waals surface area contributed by atoms with Crippen molar-refractivity contribution in [3.05, 3.63) is 29.8 Å². The second-order valence-electron chi connectivity index (χ2n) is 22.0. The number of hydrogen-bond acceptors (Lipinski definition) is 1. The molecule has 0 saturated heterocycles. The zero-order valence-electron chi connectivity index (χ0n) is 48.2. The summed E-state index contributed by atoms with van der Waals surface area (Å²) in [6.45, 7) is 0. The number of carbonyl (C=O) groups excluding carboxylic acids is 1. The average Bonchev–Trinajstić information content (AvgIpc) is 0.695. The minimum Gasteiger partial charge on any atom is -0.281 e. The first-order chi connectivity index (χ1) is 46.3. The normalized spacial score (nSPS) is 16.9. The van der Waals surface area contributed by atoms with Crippen molar-refractivity contribution < 1.29 is 281 Å². The molecule has 1 nitrogen and oxygen atoms in total. The van der Waals surface area contributed by atoms with E-state index in [1.165, 1.54) is 15.9 Å². The van der Waals surface area contributed by atoms with E-state index in [0.29, 0.717) is 0 Å². The number of halogens is 64. The molecule has 0 radical (unpaired) electrons. The van der Waals surface area contributed by atoms with Gasteiger partial charge in [-0.1, -0.05) is 24.3 Å². The fraction of sp³-hybridized carbons (Fsp3) is 0.837. The Hall–Kier alpha value is -4.82. The van der Waals surface area contributed by atoms with E-state index >= 15 is 79.0 Å². The predicted octanol–water partition coefficient (Wildman–Crippen LogP) is 23.9. The smallest absolute Gasteiger partial charge is 0.281 e. The van der Waals surface area contributed by atoms with Gasteiger partial charge in [-0.15, -0.1) is 0 Å². The molecule has 0 atom stereocenters. The van der Waals surface area contributed by atoms with Crippen molar-refractivity contribution in [1.29, 1.82) is 0 Å². The number of benzene rings is 1. The Morgan fingerprint density at radius 1 is 0.211 bits per heavy atom. The molecule has 66 heteroatoms. The maximum atomic E-state index is 15.7. The summed E-state index contributed by atoms with van der Waals surface area (Å²) in [5.74, 6) is -264. The van der Waals surface area contributed by atoms with Crippen molar-refractivity contribution in [1.82, 2.24) is 0 Å². The minimum atomic E-state index is -10.3. The highest BCUT2D eigenvalue weighted by molar-refractivity contribution is 9.18. The third-order valence-electron chi connectivity index (χ3n) is 15.2. The number of carbonyl (C=O) groups is 1. The molecule has 0 saturated carbocycles. The lowest BCUT2D eigenvalue weighted by atomic mass is 9.86. The lowest BCUT2D eigenvalue weighted by molar-refractivity contribution is -0.474. The molecule has 0 spiro atoms. The topological polar surface area (TPSA) is 17.1 Å². The van der Waals surface area contributed by atoms with Crippen LogP contribution >= 0.6 is 15.9 Å². The van der Waals surface area contributed by atoms with Crippen molar-refractivity contribution in [2.24, 2.45) is 0 Å². The third-order valence-corrected chi connectivity index (χ3v) is 20.8. The van der Waals surface area contributed by atoms with Crippen molar-refractivity contribution in [3.63, 3.8) is 0 Å². The van der Waals surface area contributed by atoms with Gasteiger partial charge in [-0.3, -0.25) is 4.79 Å². The first-order valence-electron chi connectivity index (χ1n) is 25.0. The van der Waals surface area contributed by atoms with Crippen LogP contribution in [0.2, 0.25) is 18.1 Å². The van der Waals surface area contributed by atoms with E-state index in [4.69, 9.17) is 0 Å². The predicted molar refractivity (Wildman–Crippen MR) is 225 cm³/mol. The highest BCUT2D eigenvalue weighted by Gasteiger charge is 3.02. The monoisotopic (exact) mass is 1850 g/mol. The Morgan fingerprint density at radius 2 is 0.339 bits per heavy atom. The number of hydrogen-bond donors (Lipinski definition) is 0. The van der Waals surface area contributed by atoms with Crippen LogP contribution in [0.15, 0.2) is 24.3 Å². The SMILES string of the molecule is O=C(Br)c1ccccc1[Si](CCC(F)(F)C(F)(F)C(F)(F)C(F)(F)C(F)(F)C(F)(F)C(F)(F)C(F)(F)C(F)(F)C(F)(F)F)(CCC(F)(F)C(F)(F)C(F)(F)C(F)(F)C(F)(F)C(F)(F)C(F)(F)C(F)(F)C(F)(F)C(F)(F)F)CCC(F)(F)C(F)(F)C(F)(F)C(F)(F)C(F)(F)C(F)(F)C(F)(F)C(F)(F)C(F)(F)C(F)(F)F. The highest BCUT2D eigenvalue weighted by Crippen LogP contribution is 2.72. The van der Waals surface area contributed by atoms with E-state index in [-0.39, 0.29) is 6.07 Å². The summed E-state index contributed by atoms with van der Waals surface area (Å²) in [5, 5.41) is -2.92. The molecule has 0 bridgehead atoms. The Morgan fingerprint density at radius 3 is 0.477 bits per heavy atom. The van der Waals surface area contributed by atoms with Gasteiger partial charge in [0.05, 0.1) is 8.07 Å². The number of alkyl halides is 63. The summed E-state index contributed by atoms with van der Waals surface area (Å²) in [6.07, 6.45) is -41.1. The summed E-state index contributed by atoms with van der Waals surface area (Å²) >= 11 is 1.42. The summed E-state index contributed by atoms with van der Waals surface area (Å²) in [6, 6.07) is -15.2. The van der Waals surface area contributed by atoms with Gasteiger partial charge >= 0.3 is 178 Å². The van der Waals surface area contributed by atoms with Crippen LogP contribution in [0.3, 0.4) is 0 Å². The molecule has 1 aromatic carbocycles. The van der Waals surface area contributed by atoms with Gasteiger partial charge in [0.15, 0.2) is 0 Å². The van der Waals surface area contributed by atoms with Gasteiger partial charge in [0, 0.05) is 24.8 Å². The van der Waals surface area contributed by atoms with Gasteiger partial charge in [-0.25, -0.2) is 0 Å². The molecule has 0 aliphatic rings. The average molecular weight is 1850 g/mol. The molecule has 0 N–H and O–H groups in total. The van der Waals surface area contributed by atoms with Gasteiger partial charge < -0.3 is 0 Å². The molecule has 0 aromatic heterocycles. The largest absolute Gasteiger partial charge is 0.460 e. The van der Waals surface area contributed by atoms with E-state index in [1.54, 1.807) is 0 Å². The summed E-state index contributed by atoms with van der Waals surface area (Å²) < 4.78 is 894. The fourth-order valence-corrected chi connectivity index (χ4v) is 14.0. The van der Waals surface area contributed by atoms with Crippen LogP contribution in [0.4, 0.5) is 277 Å². The molecular formula is C43H16BrF63OSi. The first kappa shape index (κ1) is 102. The molecule has 0 fully saturated rings. The molecule has 0 aliphatic carbocycles. The Kier molecular flexibility index (Phi) is 25.2. The maximum Gasteiger partial charge on any atom is 0.460 e. The van der Waals surface area contributed by atoms with Crippen molar-refractivity contribution in [3.8, 4) is 0 Å². The highest BCUT2D eigenvalue weighted by atomic mass is 79.9. The lowest BCUT2D eigenvalue weighted by Crippen LogP contribution is -2.77. The lowest BCUT2D eigenvalue weighted by Gasteiger charge is -2.45. The molecule has 109 heavy (non-hydrogen) atoms. The zero-order chi connectivity index (χ0) is 89.3.